The van der Waals surface area contributed by atoms with Crippen molar-refractivity contribution in [3.8, 4) is 0 Å². The van der Waals surface area contributed by atoms with Crippen molar-refractivity contribution in [3.63, 3.8) is 0 Å². The third-order valence-electron chi connectivity index (χ3n) is 9.51. The number of allylic oxidation sites excluding steroid dienone is 4. The molecule has 10 heteroatoms. The van der Waals surface area contributed by atoms with E-state index in [2.05, 4.69) is 43.5 Å². The van der Waals surface area contributed by atoms with Gasteiger partial charge in [0.05, 0.1) is 39.9 Å². The maximum atomic E-state index is 12.9. The van der Waals surface area contributed by atoms with Crippen LogP contribution in [-0.2, 0) is 18.4 Å². The number of hydrogen-bond donors (Lipinski definition) is 4. The molecule has 9 nitrogen and oxygen atoms in total. The fourth-order valence-electron chi connectivity index (χ4n) is 6.02. The first kappa shape index (κ1) is 50.9. The highest BCUT2D eigenvalue weighted by Crippen LogP contribution is 2.43. The van der Waals surface area contributed by atoms with Gasteiger partial charge in [0.25, 0.3) is 0 Å². The van der Waals surface area contributed by atoms with Crippen LogP contribution in [0.5, 0.6) is 0 Å². The Labute approximate surface area is 320 Å². The van der Waals surface area contributed by atoms with Crippen molar-refractivity contribution in [1.82, 2.24) is 5.32 Å². The Morgan fingerprint density at radius 3 is 1.54 bits per heavy atom. The highest BCUT2D eigenvalue weighted by atomic mass is 31.2. The molecule has 0 aromatic carbocycles. The van der Waals surface area contributed by atoms with Gasteiger partial charge < -0.3 is 24.9 Å². The number of phosphoric ester groups is 1. The van der Waals surface area contributed by atoms with Crippen LogP contribution in [0.1, 0.15) is 181 Å². The van der Waals surface area contributed by atoms with Crippen LogP contribution in [-0.4, -0.2) is 84.6 Å². The number of hydrogen-bond acceptors (Lipinski definition) is 6. The summed E-state index contributed by atoms with van der Waals surface area (Å²) in [5.74, 6) is -0.278. The molecular weight excluding hydrogens is 675 g/mol. The third-order valence-corrected chi connectivity index (χ3v) is 10.5. The molecule has 4 atom stereocenters. The van der Waals surface area contributed by atoms with Crippen molar-refractivity contribution < 1.29 is 38.0 Å². The lowest BCUT2D eigenvalue weighted by Crippen LogP contribution is -2.51. The van der Waals surface area contributed by atoms with Crippen molar-refractivity contribution in [2.45, 2.75) is 199 Å². The van der Waals surface area contributed by atoms with E-state index >= 15 is 0 Å². The maximum absolute atomic E-state index is 12.9. The van der Waals surface area contributed by atoms with Crippen molar-refractivity contribution in [1.29, 1.82) is 0 Å². The number of amides is 1. The van der Waals surface area contributed by atoms with Gasteiger partial charge in [0.2, 0.25) is 5.91 Å². The van der Waals surface area contributed by atoms with Gasteiger partial charge in [0.15, 0.2) is 0 Å². The van der Waals surface area contributed by atoms with Crippen LogP contribution in [0.3, 0.4) is 0 Å². The van der Waals surface area contributed by atoms with Crippen LogP contribution >= 0.6 is 7.82 Å². The number of carbonyl (C=O) groups is 1. The predicted octanol–water partition coefficient (Wildman–Crippen LogP) is 10.3. The number of carbonyl (C=O) groups excluding carboxylic acids is 1. The molecule has 0 aliphatic heterocycles. The van der Waals surface area contributed by atoms with Crippen molar-refractivity contribution in [3.05, 3.63) is 24.3 Å². The third kappa shape index (κ3) is 34.7. The topological polar surface area (TPSA) is 125 Å². The van der Waals surface area contributed by atoms with E-state index < -0.39 is 32.7 Å². The smallest absolute Gasteiger partial charge is 0.390 e. The molecule has 0 saturated carbocycles. The summed E-state index contributed by atoms with van der Waals surface area (Å²) >= 11 is 0. The highest BCUT2D eigenvalue weighted by Gasteiger charge is 2.31. The number of likely N-dealkylation sites (N-methyl/N-ethyl adjacent to an activating group) is 1. The van der Waals surface area contributed by atoms with E-state index in [1.165, 1.54) is 96.3 Å². The SMILES string of the molecule is CCCCCCCCC/C=C\CCCCCCCC(=O)NC(COP(=O)(O)OCC[N+](C)(C)C)C(O)C(O)CCC/C=C/CCCCCCCCC. The molecule has 4 N–H and O–H groups in total. The summed E-state index contributed by atoms with van der Waals surface area (Å²) in [7, 11) is 1.41. The Bertz CT molecular complexity index is 924. The number of aliphatic hydroxyl groups excluding tert-OH is 2. The number of unbranched alkanes of at least 4 members (excludes halogenated alkanes) is 20. The number of nitrogens with zero attached hydrogens (tertiary/aromatic N) is 1. The molecule has 52 heavy (non-hydrogen) atoms. The zero-order valence-electron chi connectivity index (χ0n) is 34.4. The van der Waals surface area contributed by atoms with Gasteiger partial charge in [0, 0.05) is 6.42 Å². The number of nitrogens with one attached hydrogen (secondary N) is 1. The van der Waals surface area contributed by atoms with E-state index in [1.54, 1.807) is 0 Å². The molecule has 0 heterocycles. The van der Waals surface area contributed by atoms with Crippen LogP contribution in [0, 0.1) is 0 Å². The van der Waals surface area contributed by atoms with E-state index in [9.17, 15) is 24.5 Å². The highest BCUT2D eigenvalue weighted by molar-refractivity contribution is 7.47. The molecule has 4 unspecified atom stereocenters. The minimum atomic E-state index is -4.42. The average molecular weight is 760 g/mol. The number of aliphatic hydroxyl groups is 2. The van der Waals surface area contributed by atoms with Crippen molar-refractivity contribution >= 4 is 13.7 Å². The quantitative estimate of drug-likeness (QED) is 0.0214. The Balaban J connectivity index is 4.58. The average Bonchev–Trinajstić information content (AvgIpc) is 3.09. The predicted molar refractivity (Wildman–Crippen MR) is 218 cm³/mol. The van der Waals surface area contributed by atoms with Crippen molar-refractivity contribution in [2.75, 3.05) is 40.9 Å². The van der Waals surface area contributed by atoms with Crippen LogP contribution in [0.4, 0.5) is 0 Å². The fourth-order valence-corrected chi connectivity index (χ4v) is 6.75. The van der Waals surface area contributed by atoms with Gasteiger partial charge in [-0.15, -0.1) is 0 Å². The summed E-state index contributed by atoms with van der Waals surface area (Å²) in [5, 5.41) is 24.6. The van der Waals surface area contributed by atoms with Crippen molar-refractivity contribution in [2.24, 2.45) is 0 Å². The zero-order valence-corrected chi connectivity index (χ0v) is 35.3. The van der Waals surface area contributed by atoms with Crippen LogP contribution < -0.4 is 5.32 Å². The lowest BCUT2D eigenvalue weighted by Gasteiger charge is -2.28. The van der Waals surface area contributed by atoms with Crippen LogP contribution in [0.2, 0.25) is 0 Å². The fraction of sp³-hybridized carbons (Fsp3) is 0.881. The molecule has 0 spiro atoms. The first-order chi connectivity index (χ1) is 24.9. The molecule has 0 aliphatic rings. The number of quaternary nitrogens is 1. The molecule has 0 aromatic rings. The van der Waals surface area contributed by atoms with Gasteiger partial charge in [-0.1, -0.05) is 134 Å². The van der Waals surface area contributed by atoms with E-state index in [0.717, 1.165) is 44.9 Å². The standard InChI is InChI=1S/C42H83N2O7P/c1-6-8-10-12-14-16-18-20-21-22-23-25-27-29-31-33-35-41(46)43-39(38-51-52(48,49)50-37-36-44(3,4)5)42(47)40(45)34-32-30-28-26-24-19-17-15-13-11-9-7-2/h21-22,26,28,39-40,42,45,47H,6-20,23-25,27,29-38H2,1-5H3,(H-,43,46,48,49)/p+1/b22-21-,28-26+. The number of rotatable bonds is 38. The zero-order chi connectivity index (χ0) is 38.8. The largest absolute Gasteiger partial charge is 0.472 e. The molecule has 1 amide bonds. The summed E-state index contributed by atoms with van der Waals surface area (Å²) in [6, 6.07) is -1.05. The lowest BCUT2D eigenvalue weighted by molar-refractivity contribution is -0.870. The van der Waals surface area contributed by atoms with Gasteiger partial charge in [0.1, 0.15) is 19.3 Å². The minimum absolute atomic E-state index is 0.0154. The van der Waals surface area contributed by atoms with Crippen LogP contribution in [0.15, 0.2) is 24.3 Å². The van der Waals surface area contributed by atoms with E-state index in [4.69, 9.17) is 9.05 Å². The van der Waals surface area contributed by atoms with Gasteiger partial charge >= 0.3 is 7.82 Å². The Hall–Kier alpha value is -1.06. The normalized spacial score (nSPS) is 15.3. The molecule has 0 aliphatic carbocycles. The summed E-state index contributed by atoms with van der Waals surface area (Å²) in [5.41, 5.74) is 0. The summed E-state index contributed by atoms with van der Waals surface area (Å²) in [4.78, 5) is 23.1. The number of phosphoric acid groups is 1. The summed E-state index contributed by atoms with van der Waals surface area (Å²) in [6.45, 7) is 4.55. The van der Waals surface area contributed by atoms with Gasteiger partial charge in [-0.3, -0.25) is 13.8 Å². The van der Waals surface area contributed by atoms with E-state index in [-0.39, 0.29) is 18.9 Å². The molecule has 0 bridgehead atoms. The summed E-state index contributed by atoms with van der Waals surface area (Å²) in [6.07, 6.45) is 35.2. The second kappa shape index (κ2) is 34.4. The van der Waals surface area contributed by atoms with Gasteiger partial charge in [-0.25, -0.2) is 4.57 Å². The second-order valence-electron chi connectivity index (χ2n) is 15.8. The Morgan fingerprint density at radius 1 is 0.654 bits per heavy atom. The van der Waals surface area contributed by atoms with Gasteiger partial charge in [-0.2, -0.15) is 0 Å². The molecule has 0 rings (SSSR count). The molecule has 0 aromatic heterocycles. The van der Waals surface area contributed by atoms with Crippen LogP contribution in [0.25, 0.3) is 0 Å². The molecule has 0 radical (unpaired) electrons. The molecule has 308 valence electrons. The Kier molecular flexibility index (Phi) is 33.7. The first-order valence-corrected chi connectivity index (χ1v) is 22.8. The lowest BCUT2D eigenvalue weighted by atomic mass is 10.0. The molecule has 0 saturated heterocycles. The van der Waals surface area contributed by atoms with E-state index in [1.807, 2.05) is 21.1 Å². The monoisotopic (exact) mass is 760 g/mol. The summed E-state index contributed by atoms with van der Waals surface area (Å²) < 4.78 is 23.4. The molecular formula is C42H84N2O7P+. The maximum Gasteiger partial charge on any atom is 0.472 e. The van der Waals surface area contributed by atoms with Gasteiger partial charge in [-0.05, 0) is 64.2 Å². The Morgan fingerprint density at radius 2 is 1.08 bits per heavy atom. The molecule has 0 fully saturated rings. The first-order valence-electron chi connectivity index (χ1n) is 21.3. The second-order valence-corrected chi connectivity index (χ2v) is 17.3. The van der Waals surface area contributed by atoms with E-state index in [0.29, 0.717) is 30.3 Å². The minimum Gasteiger partial charge on any atom is -0.390 e.